The lowest BCUT2D eigenvalue weighted by atomic mass is 10.2. The molecule has 1 aliphatic heterocycles. The van der Waals surface area contributed by atoms with E-state index in [1.807, 2.05) is 6.92 Å². The fraction of sp³-hybridized carbons (Fsp3) is 1.00. The highest BCUT2D eigenvalue weighted by Gasteiger charge is 2.29. The fourth-order valence-electron chi connectivity index (χ4n) is 0.905. The van der Waals surface area contributed by atoms with Crippen molar-refractivity contribution >= 4 is 0 Å². The Morgan fingerprint density at radius 2 is 2.22 bits per heavy atom. The van der Waals surface area contributed by atoms with Crippen molar-refractivity contribution in [3.63, 3.8) is 0 Å². The summed E-state index contributed by atoms with van der Waals surface area (Å²) in [7, 11) is 0. The van der Waals surface area contributed by atoms with Crippen LogP contribution in [0.2, 0.25) is 0 Å². The first-order valence-electron chi connectivity index (χ1n) is 2.91. The predicted molar refractivity (Wildman–Crippen MR) is 32.9 cm³/mol. The van der Waals surface area contributed by atoms with Crippen LogP contribution in [0.25, 0.3) is 0 Å². The highest BCUT2D eigenvalue weighted by molar-refractivity contribution is 4.86. The number of aliphatic hydroxyl groups is 1. The van der Waals surface area contributed by atoms with Crippen molar-refractivity contribution in [1.82, 2.24) is 16.3 Å². The maximum Gasteiger partial charge on any atom is 0.135 e. The maximum absolute atomic E-state index is 9.04. The molecule has 0 spiro atoms. The molecule has 0 aromatic heterocycles. The van der Waals surface area contributed by atoms with Crippen LogP contribution >= 0.6 is 0 Å². The van der Waals surface area contributed by atoms with Crippen molar-refractivity contribution in [1.29, 1.82) is 0 Å². The van der Waals surface area contributed by atoms with E-state index in [9.17, 15) is 0 Å². The number of hydrogen-bond acceptors (Lipinski definition) is 5. The van der Waals surface area contributed by atoms with Crippen molar-refractivity contribution in [2.75, 3.05) is 0 Å². The Hall–Kier alpha value is -0.200. The van der Waals surface area contributed by atoms with Crippen LogP contribution in [0.15, 0.2) is 0 Å². The number of hydrogen-bond donors (Lipinski definition) is 5. The SMILES string of the molecule is CC1NNC(O)C1NN. The van der Waals surface area contributed by atoms with Crippen molar-refractivity contribution in [3.05, 3.63) is 0 Å². The average molecular weight is 132 g/mol. The maximum atomic E-state index is 9.04. The van der Waals surface area contributed by atoms with Gasteiger partial charge in [-0.3, -0.25) is 16.7 Å². The van der Waals surface area contributed by atoms with E-state index in [2.05, 4.69) is 16.3 Å². The first-order chi connectivity index (χ1) is 4.25. The van der Waals surface area contributed by atoms with Crippen LogP contribution < -0.4 is 22.1 Å². The van der Waals surface area contributed by atoms with Gasteiger partial charge in [0.05, 0.1) is 6.04 Å². The molecular formula is C4H12N4O. The molecule has 0 aromatic rings. The summed E-state index contributed by atoms with van der Waals surface area (Å²) in [5, 5.41) is 9.04. The minimum absolute atomic E-state index is 0.106. The van der Waals surface area contributed by atoms with E-state index >= 15 is 0 Å². The van der Waals surface area contributed by atoms with Crippen LogP contribution in [0, 0.1) is 0 Å². The molecule has 6 N–H and O–H groups in total. The third kappa shape index (κ3) is 1.20. The zero-order valence-corrected chi connectivity index (χ0v) is 5.26. The van der Waals surface area contributed by atoms with Gasteiger partial charge in [0.15, 0.2) is 0 Å². The Labute approximate surface area is 53.6 Å². The van der Waals surface area contributed by atoms with E-state index in [0.717, 1.165) is 0 Å². The lowest BCUT2D eigenvalue weighted by molar-refractivity contribution is 0.124. The Balaban J connectivity index is 2.44. The summed E-state index contributed by atoms with van der Waals surface area (Å²) in [4.78, 5) is 0. The van der Waals surface area contributed by atoms with Crippen LogP contribution in [0.4, 0.5) is 0 Å². The second-order valence-electron chi connectivity index (χ2n) is 2.21. The molecule has 0 bridgehead atoms. The summed E-state index contributed by atoms with van der Waals surface area (Å²) in [6, 6.07) is 0.0509. The third-order valence-electron chi connectivity index (χ3n) is 1.53. The summed E-state index contributed by atoms with van der Waals surface area (Å²) in [6.07, 6.45) is -0.593. The highest BCUT2D eigenvalue weighted by Crippen LogP contribution is 2.00. The van der Waals surface area contributed by atoms with E-state index in [-0.39, 0.29) is 12.1 Å². The van der Waals surface area contributed by atoms with Gasteiger partial charge in [0.25, 0.3) is 0 Å². The van der Waals surface area contributed by atoms with Gasteiger partial charge in [-0.25, -0.2) is 5.43 Å². The molecule has 0 aromatic carbocycles. The van der Waals surface area contributed by atoms with Gasteiger partial charge in [-0.1, -0.05) is 0 Å². The minimum atomic E-state index is -0.593. The molecule has 3 unspecified atom stereocenters. The summed E-state index contributed by atoms with van der Waals surface area (Å²) in [5.74, 6) is 5.12. The van der Waals surface area contributed by atoms with Gasteiger partial charge in [0.2, 0.25) is 0 Å². The normalized spacial score (nSPS) is 43.7. The van der Waals surface area contributed by atoms with Crippen LogP contribution in [0.1, 0.15) is 6.92 Å². The van der Waals surface area contributed by atoms with Crippen LogP contribution in [-0.4, -0.2) is 23.4 Å². The molecule has 1 aliphatic rings. The van der Waals surface area contributed by atoms with Crippen LogP contribution in [0.5, 0.6) is 0 Å². The standard InChI is InChI=1S/C4H12N4O/c1-2-3(6-5)4(9)8-7-2/h2-4,6-9H,5H2,1H3. The van der Waals surface area contributed by atoms with Gasteiger partial charge in [-0.2, -0.15) is 0 Å². The molecule has 5 heteroatoms. The second kappa shape index (κ2) is 2.59. The Morgan fingerprint density at radius 3 is 2.44 bits per heavy atom. The van der Waals surface area contributed by atoms with Crippen molar-refractivity contribution in [2.24, 2.45) is 5.84 Å². The van der Waals surface area contributed by atoms with Gasteiger partial charge in [0.1, 0.15) is 6.23 Å². The van der Waals surface area contributed by atoms with Crippen molar-refractivity contribution in [2.45, 2.75) is 25.2 Å². The Kier molecular flexibility index (Phi) is 1.99. The molecular weight excluding hydrogens is 120 g/mol. The largest absolute Gasteiger partial charge is 0.376 e. The average Bonchev–Trinajstić information content (AvgIpc) is 2.12. The Bertz CT molecular complexity index is 88.6. The lowest BCUT2D eigenvalue weighted by Crippen LogP contribution is -2.47. The molecule has 3 atom stereocenters. The highest BCUT2D eigenvalue weighted by atomic mass is 16.3. The molecule has 1 rings (SSSR count). The topological polar surface area (TPSA) is 82.3 Å². The molecule has 0 saturated carbocycles. The van der Waals surface area contributed by atoms with E-state index in [4.69, 9.17) is 10.9 Å². The Morgan fingerprint density at radius 1 is 1.56 bits per heavy atom. The first-order valence-corrected chi connectivity index (χ1v) is 2.91. The molecule has 5 nitrogen and oxygen atoms in total. The van der Waals surface area contributed by atoms with Crippen LogP contribution in [-0.2, 0) is 0 Å². The number of nitrogens with two attached hydrogens (primary N) is 1. The zero-order valence-electron chi connectivity index (χ0n) is 5.26. The molecule has 1 saturated heterocycles. The molecule has 0 aliphatic carbocycles. The summed E-state index contributed by atoms with van der Waals surface area (Å²) >= 11 is 0. The summed E-state index contributed by atoms with van der Waals surface area (Å²) < 4.78 is 0. The monoisotopic (exact) mass is 132 g/mol. The molecule has 54 valence electrons. The van der Waals surface area contributed by atoms with E-state index < -0.39 is 6.23 Å². The molecule has 0 radical (unpaired) electrons. The zero-order chi connectivity index (χ0) is 6.85. The smallest absolute Gasteiger partial charge is 0.135 e. The number of nitrogens with one attached hydrogen (secondary N) is 3. The van der Waals surface area contributed by atoms with Crippen molar-refractivity contribution in [3.8, 4) is 0 Å². The summed E-state index contributed by atoms with van der Waals surface area (Å²) in [6.45, 7) is 1.92. The van der Waals surface area contributed by atoms with E-state index in [1.54, 1.807) is 0 Å². The van der Waals surface area contributed by atoms with Gasteiger partial charge in [0, 0.05) is 6.04 Å². The predicted octanol–water partition coefficient (Wildman–Crippen LogP) is -2.37. The second-order valence-corrected chi connectivity index (χ2v) is 2.21. The molecule has 9 heavy (non-hydrogen) atoms. The minimum Gasteiger partial charge on any atom is -0.376 e. The number of aliphatic hydroxyl groups excluding tert-OH is 1. The van der Waals surface area contributed by atoms with Gasteiger partial charge in [-0.05, 0) is 6.92 Å². The third-order valence-corrected chi connectivity index (χ3v) is 1.53. The fourth-order valence-corrected chi connectivity index (χ4v) is 0.905. The van der Waals surface area contributed by atoms with E-state index in [1.165, 1.54) is 0 Å². The van der Waals surface area contributed by atoms with E-state index in [0.29, 0.717) is 0 Å². The molecule has 0 amide bonds. The number of rotatable bonds is 1. The summed E-state index contributed by atoms with van der Waals surface area (Å²) in [5.41, 5.74) is 7.95. The quantitative estimate of drug-likeness (QED) is 0.203. The van der Waals surface area contributed by atoms with Gasteiger partial charge in [-0.15, -0.1) is 0 Å². The molecule has 1 heterocycles. The van der Waals surface area contributed by atoms with Gasteiger partial charge >= 0.3 is 0 Å². The van der Waals surface area contributed by atoms with Gasteiger partial charge < -0.3 is 5.11 Å². The lowest BCUT2D eigenvalue weighted by Gasteiger charge is -2.14. The van der Waals surface area contributed by atoms with Crippen LogP contribution in [0.3, 0.4) is 0 Å². The number of hydrazine groups is 2. The molecule has 1 fully saturated rings. The first kappa shape index (κ1) is 6.91. The van der Waals surface area contributed by atoms with Crippen molar-refractivity contribution < 1.29 is 5.11 Å².